The second-order valence-electron chi connectivity index (χ2n) is 6.17. The second kappa shape index (κ2) is 5.42. The van der Waals surface area contributed by atoms with Crippen LogP contribution in [-0.4, -0.2) is 24.1 Å². The van der Waals surface area contributed by atoms with Crippen LogP contribution in [0, 0.1) is 17.5 Å². The summed E-state index contributed by atoms with van der Waals surface area (Å²) >= 11 is 0. The predicted octanol–water partition coefficient (Wildman–Crippen LogP) is 3.62. The van der Waals surface area contributed by atoms with Gasteiger partial charge < -0.3 is 4.57 Å². The maximum Gasteiger partial charge on any atom is 0.201 e. The quantitative estimate of drug-likeness (QED) is 0.516. The van der Waals surface area contributed by atoms with E-state index in [1.807, 2.05) is 16.7 Å². The minimum absolute atomic E-state index is 0.159. The molecular formula is C18H12F3N5. The molecule has 0 amide bonds. The van der Waals surface area contributed by atoms with Gasteiger partial charge in [0.05, 0.1) is 0 Å². The average molecular weight is 355 g/mol. The van der Waals surface area contributed by atoms with E-state index in [0.29, 0.717) is 36.2 Å². The molecule has 3 aromatic heterocycles. The Morgan fingerprint density at radius 3 is 2.77 bits per heavy atom. The van der Waals surface area contributed by atoms with E-state index in [0.717, 1.165) is 18.3 Å². The van der Waals surface area contributed by atoms with Gasteiger partial charge in [0.1, 0.15) is 23.0 Å². The van der Waals surface area contributed by atoms with E-state index in [1.54, 1.807) is 16.8 Å². The SMILES string of the molecule is Fc1cc(F)c(F)c(-c2nc3n(c2-c2nc4ccccn4n2)CCC3)c1. The van der Waals surface area contributed by atoms with E-state index >= 15 is 0 Å². The molecule has 0 aliphatic carbocycles. The third-order valence-electron chi connectivity index (χ3n) is 4.53. The fraction of sp³-hybridized carbons (Fsp3) is 0.167. The highest BCUT2D eigenvalue weighted by Crippen LogP contribution is 2.36. The van der Waals surface area contributed by atoms with Gasteiger partial charge in [0.15, 0.2) is 17.3 Å². The molecule has 4 aromatic rings. The van der Waals surface area contributed by atoms with Crippen molar-refractivity contribution >= 4 is 5.65 Å². The van der Waals surface area contributed by atoms with Crippen molar-refractivity contribution in [3.8, 4) is 22.8 Å². The molecule has 4 heterocycles. The molecule has 1 aliphatic rings. The third-order valence-corrected chi connectivity index (χ3v) is 4.53. The first-order chi connectivity index (χ1) is 12.6. The van der Waals surface area contributed by atoms with E-state index in [9.17, 15) is 13.2 Å². The van der Waals surface area contributed by atoms with Crippen molar-refractivity contribution in [3.05, 3.63) is 59.8 Å². The fourth-order valence-corrected chi connectivity index (χ4v) is 3.40. The molecule has 130 valence electrons. The number of imidazole rings is 1. The molecule has 0 fully saturated rings. The summed E-state index contributed by atoms with van der Waals surface area (Å²) in [5.74, 6) is -2.16. The van der Waals surface area contributed by atoms with Gasteiger partial charge in [0.2, 0.25) is 5.82 Å². The van der Waals surface area contributed by atoms with Crippen molar-refractivity contribution in [2.24, 2.45) is 0 Å². The maximum atomic E-state index is 14.4. The lowest BCUT2D eigenvalue weighted by atomic mass is 10.1. The summed E-state index contributed by atoms with van der Waals surface area (Å²) in [5, 5.41) is 4.43. The Bertz CT molecular complexity index is 1130. The molecule has 0 spiro atoms. The average Bonchev–Trinajstić information content (AvgIpc) is 3.30. The number of benzene rings is 1. The van der Waals surface area contributed by atoms with Crippen LogP contribution < -0.4 is 0 Å². The fourth-order valence-electron chi connectivity index (χ4n) is 3.40. The van der Waals surface area contributed by atoms with Crippen molar-refractivity contribution in [1.29, 1.82) is 0 Å². The van der Waals surface area contributed by atoms with Gasteiger partial charge in [-0.1, -0.05) is 6.07 Å². The number of hydrogen-bond donors (Lipinski definition) is 0. The van der Waals surface area contributed by atoms with Crippen LogP contribution in [0.3, 0.4) is 0 Å². The Labute approximate surface area is 145 Å². The molecule has 26 heavy (non-hydrogen) atoms. The zero-order valence-electron chi connectivity index (χ0n) is 13.5. The van der Waals surface area contributed by atoms with Crippen LogP contribution in [0.25, 0.3) is 28.4 Å². The lowest BCUT2D eigenvalue weighted by molar-refractivity contribution is 0.497. The van der Waals surface area contributed by atoms with Crippen molar-refractivity contribution in [2.75, 3.05) is 0 Å². The lowest BCUT2D eigenvalue weighted by Crippen LogP contribution is -2.00. The zero-order chi connectivity index (χ0) is 17.8. The minimum Gasteiger partial charge on any atom is -0.325 e. The first kappa shape index (κ1) is 15.1. The molecule has 0 saturated carbocycles. The molecule has 0 atom stereocenters. The molecule has 8 heteroatoms. The molecule has 1 aliphatic heterocycles. The lowest BCUT2D eigenvalue weighted by Gasteiger charge is -2.06. The standard InChI is InChI=1S/C18H12F3N5/c19-10-8-11(15(21)12(20)9-10)16-17(25-6-3-5-13(25)22-16)18-23-14-4-1-2-7-26(14)24-18/h1-2,4,7-9H,3,5-6H2. The normalized spacial score (nSPS) is 13.5. The zero-order valence-corrected chi connectivity index (χ0v) is 13.5. The molecule has 1 aromatic carbocycles. The van der Waals surface area contributed by atoms with E-state index in [-0.39, 0.29) is 11.3 Å². The topological polar surface area (TPSA) is 48.0 Å². The summed E-state index contributed by atoms with van der Waals surface area (Å²) in [6, 6.07) is 6.91. The molecule has 0 radical (unpaired) electrons. The van der Waals surface area contributed by atoms with Crippen molar-refractivity contribution < 1.29 is 13.2 Å². The van der Waals surface area contributed by atoms with Crippen molar-refractivity contribution in [1.82, 2.24) is 24.1 Å². The number of aromatic nitrogens is 5. The third kappa shape index (κ3) is 2.15. The number of hydrogen-bond acceptors (Lipinski definition) is 3. The van der Waals surface area contributed by atoms with Crippen LogP contribution in [-0.2, 0) is 13.0 Å². The maximum absolute atomic E-state index is 14.4. The molecule has 5 nitrogen and oxygen atoms in total. The Morgan fingerprint density at radius 1 is 1.04 bits per heavy atom. The Kier molecular flexibility index (Phi) is 3.15. The summed E-state index contributed by atoms with van der Waals surface area (Å²) in [7, 11) is 0. The second-order valence-corrected chi connectivity index (χ2v) is 6.17. The number of halogens is 3. The molecule has 0 saturated heterocycles. The number of aryl methyl sites for hydroxylation is 1. The van der Waals surface area contributed by atoms with E-state index in [1.165, 1.54) is 0 Å². The molecular weight excluding hydrogens is 343 g/mol. The predicted molar refractivity (Wildman–Crippen MR) is 87.8 cm³/mol. The van der Waals surface area contributed by atoms with E-state index in [4.69, 9.17) is 0 Å². The summed E-state index contributed by atoms with van der Waals surface area (Å²) in [5.41, 5.74) is 1.03. The molecule has 5 rings (SSSR count). The number of nitrogens with zero attached hydrogens (tertiary/aromatic N) is 5. The van der Waals surface area contributed by atoms with Crippen LogP contribution in [0.4, 0.5) is 13.2 Å². The molecule has 0 N–H and O–H groups in total. The highest BCUT2D eigenvalue weighted by Gasteiger charge is 2.28. The van der Waals surface area contributed by atoms with Crippen LogP contribution >= 0.6 is 0 Å². The number of rotatable bonds is 2. The van der Waals surface area contributed by atoms with Gasteiger partial charge in [0, 0.05) is 30.8 Å². The van der Waals surface area contributed by atoms with Gasteiger partial charge in [-0.05, 0) is 24.6 Å². The summed E-state index contributed by atoms with van der Waals surface area (Å²) < 4.78 is 45.3. The highest BCUT2D eigenvalue weighted by molar-refractivity contribution is 5.77. The molecule has 0 bridgehead atoms. The van der Waals surface area contributed by atoms with Gasteiger partial charge in [-0.15, -0.1) is 5.10 Å². The summed E-state index contributed by atoms with van der Waals surface area (Å²) in [6.07, 6.45) is 3.35. The van der Waals surface area contributed by atoms with Crippen LogP contribution in [0.5, 0.6) is 0 Å². The van der Waals surface area contributed by atoms with Gasteiger partial charge in [0.25, 0.3) is 0 Å². The number of fused-ring (bicyclic) bond motifs is 2. The first-order valence-corrected chi connectivity index (χ1v) is 8.18. The smallest absolute Gasteiger partial charge is 0.201 e. The van der Waals surface area contributed by atoms with E-state index < -0.39 is 17.5 Å². The Balaban J connectivity index is 1.80. The van der Waals surface area contributed by atoms with Gasteiger partial charge in [-0.25, -0.2) is 27.7 Å². The largest absolute Gasteiger partial charge is 0.325 e. The monoisotopic (exact) mass is 355 g/mol. The minimum atomic E-state index is -1.25. The number of pyridine rings is 1. The first-order valence-electron chi connectivity index (χ1n) is 8.18. The van der Waals surface area contributed by atoms with Crippen molar-refractivity contribution in [2.45, 2.75) is 19.4 Å². The Hall–Kier alpha value is -3.16. The van der Waals surface area contributed by atoms with Gasteiger partial charge in [-0.3, -0.25) is 0 Å². The van der Waals surface area contributed by atoms with Crippen LogP contribution in [0.2, 0.25) is 0 Å². The summed E-state index contributed by atoms with van der Waals surface area (Å²) in [6.45, 7) is 0.673. The van der Waals surface area contributed by atoms with Gasteiger partial charge >= 0.3 is 0 Å². The van der Waals surface area contributed by atoms with Gasteiger partial charge in [-0.2, -0.15) is 0 Å². The highest BCUT2D eigenvalue weighted by atomic mass is 19.2. The van der Waals surface area contributed by atoms with Crippen molar-refractivity contribution in [3.63, 3.8) is 0 Å². The van der Waals surface area contributed by atoms with Crippen LogP contribution in [0.1, 0.15) is 12.2 Å². The summed E-state index contributed by atoms with van der Waals surface area (Å²) in [4.78, 5) is 8.93. The molecule has 0 unspecified atom stereocenters. The van der Waals surface area contributed by atoms with Crippen LogP contribution in [0.15, 0.2) is 36.5 Å². The van der Waals surface area contributed by atoms with E-state index in [2.05, 4.69) is 15.1 Å². The Morgan fingerprint density at radius 2 is 1.92 bits per heavy atom.